The van der Waals surface area contributed by atoms with E-state index in [4.69, 9.17) is 0 Å². The molecule has 4 heterocycles. The highest BCUT2D eigenvalue weighted by atomic mass is 16.1. The molecule has 0 atom stereocenters. The van der Waals surface area contributed by atoms with Crippen molar-refractivity contribution in [1.82, 2.24) is 24.5 Å². The highest BCUT2D eigenvalue weighted by molar-refractivity contribution is 5.92. The second kappa shape index (κ2) is 8.28. The molecule has 0 aliphatic heterocycles. The highest BCUT2D eigenvalue weighted by Gasteiger charge is 2.12. The van der Waals surface area contributed by atoms with Crippen LogP contribution in [0, 0.1) is 0 Å². The van der Waals surface area contributed by atoms with Crippen LogP contribution in [0.2, 0.25) is 0 Å². The molecule has 0 aliphatic rings. The average molecular weight is 407 g/mol. The molecule has 4 aromatic heterocycles. The van der Waals surface area contributed by atoms with Crippen LogP contribution in [0.1, 0.15) is 16.1 Å². The standard InChI is InChI=1S/C25H21N5O/c31-25(27-15-12-19-5-4-14-26-17-19)23-13-16-30(28-23)24-11-10-22-9-8-21(18-29(22)24)20-6-2-1-3-7-20/h1-11,13-14,16-18H,12,15H2,(H,27,31). The lowest BCUT2D eigenvalue weighted by atomic mass is 10.1. The van der Waals surface area contributed by atoms with Gasteiger partial charge in [-0.1, -0.05) is 42.5 Å². The molecule has 1 N–H and O–H groups in total. The third-order valence-electron chi connectivity index (χ3n) is 5.22. The van der Waals surface area contributed by atoms with E-state index in [0.29, 0.717) is 12.2 Å². The van der Waals surface area contributed by atoms with Crippen molar-refractivity contribution in [3.8, 4) is 16.9 Å². The predicted octanol–water partition coefficient (Wildman–Crippen LogP) is 4.16. The minimum absolute atomic E-state index is 0.187. The van der Waals surface area contributed by atoms with E-state index in [-0.39, 0.29) is 5.91 Å². The summed E-state index contributed by atoms with van der Waals surface area (Å²) in [7, 11) is 0. The first kappa shape index (κ1) is 18.8. The number of fused-ring (bicyclic) bond motifs is 1. The number of hydrogen-bond acceptors (Lipinski definition) is 3. The Morgan fingerprint density at radius 1 is 0.903 bits per heavy atom. The van der Waals surface area contributed by atoms with Crippen LogP contribution < -0.4 is 5.32 Å². The topological polar surface area (TPSA) is 64.2 Å². The molecule has 1 aromatic carbocycles. The molecule has 6 nitrogen and oxygen atoms in total. The summed E-state index contributed by atoms with van der Waals surface area (Å²) in [5, 5.41) is 7.43. The molecule has 5 rings (SSSR count). The molecule has 5 aromatic rings. The Hall–Kier alpha value is -4.19. The maximum Gasteiger partial charge on any atom is 0.271 e. The minimum atomic E-state index is -0.187. The van der Waals surface area contributed by atoms with Gasteiger partial charge >= 0.3 is 0 Å². The number of pyridine rings is 2. The van der Waals surface area contributed by atoms with Crippen molar-refractivity contribution in [2.75, 3.05) is 6.54 Å². The summed E-state index contributed by atoms with van der Waals surface area (Å²) in [6, 6.07) is 24.1. The lowest BCUT2D eigenvalue weighted by Crippen LogP contribution is -2.26. The quantitative estimate of drug-likeness (QED) is 0.460. The van der Waals surface area contributed by atoms with Crippen molar-refractivity contribution in [3.63, 3.8) is 0 Å². The Morgan fingerprint density at radius 2 is 1.77 bits per heavy atom. The summed E-state index contributed by atoms with van der Waals surface area (Å²) < 4.78 is 3.82. The monoisotopic (exact) mass is 407 g/mol. The number of carbonyl (C=O) groups is 1. The fourth-order valence-electron chi connectivity index (χ4n) is 3.60. The number of nitrogens with one attached hydrogen (secondary N) is 1. The maximum atomic E-state index is 12.5. The molecule has 0 saturated carbocycles. The molecule has 1 amide bonds. The number of amides is 1. The van der Waals surface area contributed by atoms with Crippen LogP contribution in [-0.4, -0.2) is 31.6 Å². The van der Waals surface area contributed by atoms with E-state index >= 15 is 0 Å². The van der Waals surface area contributed by atoms with Gasteiger partial charge in [0.1, 0.15) is 5.82 Å². The number of hydrogen-bond donors (Lipinski definition) is 1. The van der Waals surface area contributed by atoms with Gasteiger partial charge in [0.05, 0.1) is 0 Å². The van der Waals surface area contributed by atoms with Crippen molar-refractivity contribution >= 4 is 11.4 Å². The zero-order chi connectivity index (χ0) is 21.0. The Bertz CT molecular complexity index is 1320. The fraction of sp³-hybridized carbons (Fsp3) is 0.0800. The minimum Gasteiger partial charge on any atom is -0.350 e. The smallest absolute Gasteiger partial charge is 0.271 e. The first-order valence-corrected chi connectivity index (χ1v) is 10.2. The van der Waals surface area contributed by atoms with E-state index < -0.39 is 0 Å². The van der Waals surface area contributed by atoms with Crippen LogP contribution in [0.4, 0.5) is 0 Å². The fourth-order valence-corrected chi connectivity index (χ4v) is 3.60. The van der Waals surface area contributed by atoms with Gasteiger partial charge < -0.3 is 9.72 Å². The number of nitrogens with zero attached hydrogens (tertiary/aromatic N) is 4. The number of aromatic nitrogens is 4. The lowest BCUT2D eigenvalue weighted by Gasteiger charge is -2.07. The summed E-state index contributed by atoms with van der Waals surface area (Å²) in [4.78, 5) is 16.6. The molecule has 0 spiro atoms. The molecular weight excluding hydrogens is 386 g/mol. The van der Waals surface area contributed by atoms with E-state index in [1.54, 1.807) is 16.9 Å². The van der Waals surface area contributed by atoms with E-state index in [1.807, 2.05) is 54.9 Å². The normalized spacial score (nSPS) is 11.0. The van der Waals surface area contributed by atoms with Crippen LogP contribution in [0.3, 0.4) is 0 Å². The number of carbonyl (C=O) groups excluding carboxylic acids is 1. The molecule has 0 radical (unpaired) electrons. The van der Waals surface area contributed by atoms with Crippen molar-refractivity contribution in [2.24, 2.45) is 0 Å². The van der Waals surface area contributed by atoms with Gasteiger partial charge in [0.2, 0.25) is 0 Å². The van der Waals surface area contributed by atoms with Crippen molar-refractivity contribution in [1.29, 1.82) is 0 Å². The summed E-state index contributed by atoms with van der Waals surface area (Å²) >= 11 is 0. The SMILES string of the molecule is O=C(NCCc1cccnc1)c1ccn(-c2ccc3ccc(-c4ccccc4)cn23)n1. The molecule has 0 fully saturated rings. The summed E-state index contributed by atoms with van der Waals surface area (Å²) in [5.74, 6) is 0.690. The van der Waals surface area contributed by atoms with Gasteiger partial charge in [-0.25, -0.2) is 4.68 Å². The third-order valence-corrected chi connectivity index (χ3v) is 5.22. The van der Waals surface area contributed by atoms with Crippen molar-refractivity contribution in [2.45, 2.75) is 6.42 Å². The second-order valence-corrected chi connectivity index (χ2v) is 7.28. The van der Waals surface area contributed by atoms with Gasteiger partial charge in [-0.3, -0.25) is 9.78 Å². The summed E-state index contributed by atoms with van der Waals surface area (Å²) in [5.41, 5.74) is 4.81. The zero-order valence-electron chi connectivity index (χ0n) is 16.8. The van der Waals surface area contributed by atoms with E-state index in [2.05, 4.69) is 50.3 Å². The summed E-state index contributed by atoms with van der Waals surface area (Å²) in [6.07, 6.45) is 8.18. The zero-order valence-corrected chi connectivity index (χ0v) is 16.8. The molecular formula is C25H21N5O. The van der Waals surface area contributed by atoms with Gasteiger partial charge in [0, 0.05) is 36.8 Å². The Kier molecular flexibility index (Phi) is 5.02. The molecule has 6 heteroatoms. The number of rotatable bonds is 6. The first-order chi connectivity index (χ1) is 15.3. The predicted molar refractivity (Wildman–Crippen MR) is 120 cm³/mol. The lowest BCUT2D eigenvalue weighted by molar-refractivity contribution is 0.0948. The molecule has 0 saturated heterocycles. The van der Waals surface area contributed by atoms with Crippen LogP contribution >= 0.6 is 0 Å². The van der Waals surface area contributed by atoms with E-state index in [1.165, 1.54) is 0 Å². The molecule has 152 valence electrons. The van der Waals surface area contributed by atoms with Gasteiger partial charge in [-0.15, -0.1) is 0 Å². The van der Waals surface area contributed by atoms with Crippen LogP contribution in [0.5, 0.6) is 0 Å². The Balaban J connectivity index is 1.35. The van der Waals surface area contributed by atoms with Gasteiger partial charge in [0.15, 0.2) is 5.69 Å². The highest BCUT2D eigenvalue weighted by Crippen LogP contribution is 2.22. The Morgan fingerprint density at radius 3 is 2.61 bits per heavy atom. The second-order valence-electron chi connectivity index (χ2n) is 7.28. The molecule has 0 unspecified atom stereocenters. The van der Waals surface area contributed by atoms with Crippen molar-refractivity contribution < 1.29 is 4.79 Å². The first-order valence-electron chi connectivity index (χ1n) is 10.2. The third kappa shape index (κ3) is 3.96. The van der Waals surface area contributed by atoms with Gasteiger partial charge in [-0.05, 0) is 53.4 Å². The Labute approximate surface area is 179 Å². The summed E-state index contributed by atoms with van der Waals surface area (Å²) in [6.45, 7) is 0.534. The van der Waals surface area contributed by atoms with Crippen molar-refractivity contribution in [3.05, 3.63) is 109 Å². The van der Waals surface area contributed by atoms with Crippen LogP contribution in [0.15, 0.2) is 97.6 Å². The van der Waals surface area contributed by atoms with Gasteiger partial charge in [0.25, 0.3) is 5.91 Å². The largest absolute Gasteiger partial charge is 0.350 e. The van der Waals surface area contributed by atoms with Gasteiger partial charge in [-0.2, -0.15) is 5.10 Å². The van der Waals surface area contributed by atoms with Crippen LogP contribution in [0.25, 0.3) is 22.5 Å². The number of benzene rings is 1. The molecule has 31 heavy (non-hydrogen) atoms. The molecule has 0 bridgehead atoms. The van der Waals surface area contributed by atoms with Crippen LogP contribution in [-0.2, 0) is 6.42 Å². The maximum absolute atomic E-state index is 12.5. The molecule has 0 aliphatic carbocycles. The van der Waals surface area contributed by atoms with E-state index in [0.717, 1.165) is 34.4 Å². The average Bonchev–Trinajstić information content (AvgIpc) is 3.47. The van der Waals surface area contributed by atoms with E-state index in [9.17, 15) is 4.79 Å².